The molecule has 1 aliphatic carbocycles. The summed E-state index contributed by atoms with van der Waals surface area (Å²) in [5, 5.41) is 9.46. The lowest BCUT2D eigenvalue weighted by Gasteiger charge is -2.27. The van der Waals surface area contributed by atoms with E-state index in [4.69, 9.17) is 11.1 Å². The van der Waals surface area contributed by atoms with Gasteiger partial charge < -0.3 is 5.73 Å². The van der Waals surface area contributed by atoms with E-state index in [2.05, 4.69) is 4.72 Å². The summed E-state index contributed by atoms with van der Waals surface area (Å²) in [5.41, 5.74) is 6.33. The largest absolute Gasteiger partial charge is 0.384 e. The lowest BCUT2D eigenvalue weighted by Crippen LogP contribution is -2.37. The van der Waals surface area contributed by atoms with Crippen LogP contribution in [-0.4, -0.2) is 14.8 Å². The minimum atomic E-state index is -1.09. The molecule has 0 saturated heterocycles. The van der Waals surface area contributed by atoms with Crippen LogP contribution in [0, 0.1) is 11.3 Å². The van der Waals surface area contributed by atoms with Crippen molar-refractivity contribution in [1.82, 2.24) is 4.72 Å². The van der Waals surface area contributed by atoms with Gasteiger partial charge in [-0.3, -0.25) is 5.41 Å². The standard InChI is InChI=1S/C15H25N3OS2/c1-15(2,3)21(19)18-13(10-6-4-5-7-10)12-8-11(9-20-12)14(16)17/h8-10,13,18H,4-7H2,1-3H3,(H3,16,17)/t13-,21?/m0/s1. The first-order valence-corrected chi connectivity index (χ1v) is 9.43. The topological polar surface area (TPSA) is 79.0 Å². The summed E-state index contributed by atoms with van der Waals surface area (Å²) in [6.07, 6.45) is 4.84. The maximum absolute atomic E-state index is 12.5. The molecule has 1 aliphatic rings. The van der Waals surface area contributed by atoms with E-state index in [1.807, 2.05) is 32.2 Å². The van der Waals surface area contributed by atoms with Crippen molar-refractivity contribution in [2.24, 2.45) is 11.7 Å². The van der Waals surface area contributed by atoms with Crippen LogP contribution in [0.2, 0.25) is 0 Å². The quantitative estimate of drug-likeness (QED) is 0.573. The Morgan fingerprint density at radius 1 is 1.48 bits per heavy atom. The van der Waals surface area contributed by atoms with Crippen LogP contribution < -0.4 is 10.5 Å². The van der Waals surface area contributed by atoms with Gasteiger partial charge in [0.25, 0.3) is 0 Å². The molecule has 1 fully saturated rings. The summed E-state index contributed by atoms with van der Waals surface area (Å²) < 4.78 is 15.5. The van der Waals surface area contributed by atoms with Gasteiger partial charge in [0.15, 0.2) is 0 Å². The van der Waals surface area contributed by atoms with Gasteiger partial charge >= 0.3 is 0 Å². The number of hydrogen-bond donors (Lipinski definition) is 3. The molecule has 2 rings (SSSR count). The van der Waals surface area contributed by atoms with Crippen LogP contribution in [0.3, 0.4) is 0 Å². The minimum absolute atomic E-state index is 0.0969. The summed E-state index contributed by atoms with van der Waals surface area (Å²) in [4.78, 5) is 1.14. The van der Waals surface area contributed by atoms with Crippen molar-refractivity contribution < 1.29 is 4.21 Å². The highest BCUT2D eigenvalue weighted by molar-refractivity contribution is 7.84. The second-order valence-corrected chi connectivity index (χ2v) is 9.61. The third-order valence-corrected chi connectivity index (χ3v) is 6.49. The monoisotopic (exact) mass is 327 g/mol. The molecule has 21 heavy (non-hydrogen) atoms. The average molecular weight is 328 g/mol. The van der Waals surface area contributed by atoms with Crippen LogP contribution in [0.15, 0.2) is 11.4 Å². The van der Waals surface area contributed by atoms with Crippen molar-refractivity contribution >= 4 is 28.2 Å². The van der Waals surface area contributed by atoms with E-state index in [9.17, 15) is 4.21 Å². The first-order valence-electron chi connectivity index (χ1n) is 7.40. The van der Waals surface area contributed by atoms with Crippen molar-refractivity contribution in [1.29, 1.82) is 5.41 Å². The normalized spacial score (nSPS) is 19.6. The molecule has 118 valence electrons. The van der Waals surface area contributed by atoms with Crippen LogP contribution >= 0.6 is 11.3 Å². The van der Waals surface area contributed by atoms with Gasteiger partial charge in [-0.25, -0.2) is 8.93 Å². The van der Waals surface area contributed by atoms with Gasteiger partial charge in [0.2, 0.25) is 0 Å². The zero-order valence-corrected chi connectivity index (χ0v) is 14.6. The lowest BCUT2D eigenvalue weighted by atomic mass is 9.97. The van der Waals surface area contributed by atoms with Crippen LogP contribution in [0.25, 0.3) is 0 Å². The average Bonchev–Trinajstić information content (AvgIpc) is 3.05. The third-order valence-electron chi connectivity index (χ3n) is 3.90. The van der Waals surface area contributed by atoms with Gasteiger partial charge in [-0.2, -0.15) is 0 Å². The molecule has 1 aromatic rings. The Labute approximate surface area is 133 Å². The molecular weight excluding hydrogens is 302 g/mol. The third kappa shape index (κ3) is 4.14. The van der Waals surface area contributed by atoms with E-state index in [-0.39, 0.29) is 16.6 Å². The maximum Gasteiger partial charge on any atom is 0.123 e. The molecule has 0 bridgehead atoms. The summed E-state index contributed by atoms with van der Waals surface area (Å²) in [6, 6.07) is 2.08. The molecule has 0 radical (unpaired) electrons. The molecule has 0 spiro atoms. The highest BCUT2D eigenvalue weighted by Crippen LogP contribution is 2.38. The van der Waals surface area contributed by atoms with Crippen LogP contribution in [0.5, 0.6) is 0 Å². The Kier molecular flexibility index (Phi) is 5.22. The first kappa shape index (κ1) is 16.6. The number of nitrogens with one attached hydrogen (secondary N) is 2. The number of nitrogen functional groups attached to an aromatic ring is 1. The highest BCUT2D eigenvalue weighted by Gasteiger charge is 2.31. The summed E-state index contributed by atoms with van der Waals surface area (Å²) in [7, 11) is -1.09. The molecule has 0 aromatic carbocycles. The van der Waals surface area contributed by atoms with Crippen molar-refractivity contribution in [3.8, 4) is 0 Å². The van der Waals surface area contributed by atoms with Crippen molar-refractivity contribution in [2.45, 2.75) is 57.2 Å². The van der Waals surface area contributed by atoms with Crippen molar-refractivity contribution in [3.63, 3.8) is 0 Å². The Morgan fingerprint density at radius 3 is 2.57 bits per heavy atom. The molecule has 4 nitrogen and oxygen atoms in total. The summed E-state index contributed by atoms with van der Waals surface area (Å²) in [5.74, 6) is 0.620. The second-order valence-electron chi connectivity index (χ2n) is 6.67. The Bertz CT molecular complexity index is 527. The van der Waals surface area contributed by atoms with Crippen LogP contribution in [0.4, 0.5) is 0 Å². The van der Waals surface area contributed by atoms with Gasteiger partial charge in [-0.1, -0.05) is 12.8 Å². The molecule has 1 unspecified atom stereocenters. The lowest BCUT2D eigenvalue weighted by molar-refractivity contribution is 0.421. The second kappa shape index (κ2) is 6.58. The fourth-order valence-electron chi connectivity index (χ4n) is 2.63. The Morgan fingerprint density at radius 2 is 2.10 bits per heavy atom. The van der Waals surface area contributed by atoms with Gasteiger partial charge in [0, 0.05) is 15.8 Å². The van der Waals surface area contributed by atoms with Crippen molar-refractivity contribution in [2.75, 3.05) is 0 Å². The fraction of sp³-hybridized carbons (Fsp3) is 0.667. The van der Waals surface area contributed by atoms with E-state index in [0.717, 1.165) is 10.4 Å². The molecule has 0 amide bonds. The SMILES string of the molecule is CC(C)(C)S(=O)N[C@H](c1cc(C(=N)N)cs1)C1CCCC1. The van der Waals surface area contributed by atoms with Gasteiger partial charge in [0.05, 0.1) is 21.8 Å². The molecule has 0 aliphatic heterocycles. The molecule has 6 heteroatoms. The number of nitrogens with two attached hydrogens (primary N) is 1. The maximum atomic E-state index is 12.5. The molecule has 1 heterocycles. The van der Waals surface area contributed by atoms with E-state index in [1.54, 1.807) is 11.3 Å². The van der Waals surface area contributed by atoms with Gasteiger partial charge in [0.1, 0.15) is 5.84 Å². The molecular formula is C15H25N3OS2. The molecule has 2 atom stereocenters. The Hall–Kier alpha value is -0.720. The highest BCUT2D eigenvalue weighted by atomic mass is 32.2. The zero-order valence-electron chi connectivity index (χ0n) is 12.9. The van der Waals surface area contributed by atoms with E-state index < -0.39 is 11.0 Å². The number of rotatable bonds is 5. The summed E-state index contributed by atoms with van der Waals surface area (Å²) >= 11 is 1.61. The smallest absolute Gasteiger partial charge is 0.123 e. The Balaban J connectivity index is 2.22. The van der Waals surface area contributed by atoms with Gasteiger partial charge in [-0.15, -0.1) is 11.3 Å². The number of amidine groups is 1. The molecule has 1 aromatic heterocycles. The van der Waals surface area contributed by atoms with E-state index >= 15 is 0 Å². The number of thiophene rings is 1. The molecule has 4 N–H and O–H groups in total. The van der Waals surface area contributed by atoms with E-state index in [1.165, 1.54) is 25.7 Å². The molecule has 1 saturated carbocycles. The van der Waals surface area contributed by atoms with Crippen LogP contribution in [0.1, 0.15) is 62.9 Å². The van der Waals surface area contributed by atoms with E-state index in [0.29, 0.717) is 5.92 Å². The predicted octanol–water partition coefficient (Wildman–Crippen LogP) is 3.32. The summed E-state index contributed by atoms with van der Waals surface area (Å²) in [6.45, 7) is 5.95. The predicted molar refractivity (Wildman–Crippen MR) is 91.1 cm³/mol. The fourth-order valence-corrected chi connectivity index (χ4v) is 4.66. The van der Waals surface area contributed by atoms with Gasteiger partial charge in [-0.05, 0) is 45.6 Å². The number of hydrogen-bond acceptors (Lipinski definition) is 3. The van der Waals surface area contributed by atoms with Crippen molar-refractivity contribution in [3.05, 3.63) is 21.9 Å². The minimum Gasteiger partial charge on any atom is -0.384 e. The first-order chi connectivity index (χ1) is 9.79. The zero-order chi connectivity index (χ0) is 15.6. The van der Waals surface area contributed by atoms with Crippen LogP contribution in [-0.2, 0) is 11.0 Å².